The number of anilines is 1. The maximum atomic E-state index is 13.6. The first-order chi connectivity index (χ1) is 20.2. The fourth-order valence-corrected chi connectivity index (χ4v) is 6.42. The van der Waals surface area contributed by atoms with Gasteiger partial charge in [-0.25, -0.2) is 17.8 Å². The summed E-state index contributed by atoms with van der Waals surface area (Å²) in [7, 11) is -4.05. The molecule has 1 aromatic heterocycles. The van der Waals surface area contributed by atoms with Gasteiger partial charge in [0, 0.05) is 5.56 Å². The fourth-order valence-electron chi connectivity index (χ4n) is 4.19. The Labute approximate surface area is 244 Å². The zero-order valence-electron chi connectivity index (χ0n) is 21.7. The van der Waals surface area contributed by atoms with E-state index in [1.54, 1.807) is 12.1 Å². The van der Waals surface area contributed by atoms with Crippen LogP contribution in [0.15, 0.2) is 94.7 Å². The first-order valence-corrected chi connectivity index (χ1v) is 14.7. The summed E-state index contributed by atoms with van der Waals surface area (Å²) in [5, 5.41) is 31.3. The zero-order valence-corrected chi connectivity index (χ0v) is 23.3. The van der Waals surface area contributed by atoms with Crippen molar-refractivity contribution in [1.29, 1.82) is 5.26 Å². The van der Waals surface area contributed by atoms with Gasteiger partial charge < -0.3 is 14.9 Å². The number of aliphatic hydroxyl groups is 2. The van der Waals surface area contributed by atoms with Crippen molar-refractivity contribution >= 4 is 42.4 Å². The highest BCUT2D eigenvalue weighted by Crippen LogP contribution is 2.32. The topological polar surface area (TPSA) is 150 Å². The van der Waals surface area contributed by atoms with Crippen molar-refractivity contribution in [3.05, 3.63) is 113 Å². The molecule has 4 aromatic carbocycles. The number of ether oxygens (including phenoxy) is 1. The Morgan fingerprint density at radius 2 is 1.67 bits per heavy atom. The second-order valence-electron chi connectivity index (χ2n) is 9.08. The lowest BCUT2D eigenvalue weighted by Crippen LogP contribution is -2.26. The number of halogens is 1. The predicted molar refractivity (Wildman–Crippen MR) is 153 cm³/mol. The summed E-state index contributed by atoms with van der Waals surface area (Å²) in [4.78, 5) is 17.8. The minimum atomic E-state index is -4.05. The van der Waals surface area contributed by atoms with E-state index in [4.69, 9.17) is 10.00 Å². The van der Waals surface area contributed by atoms with Crippen molar-refractivity contribution in [2.24, 2.45) is 0 Å². The van der Waals surface area contributed by atoms with Crippen LogP contribution >= 0.6 is 11.3 Å². The van der Waals surface area contributed by atoms with Gasteiger partial charge in [-0.15, -0.1) is 0 Å². The number of nitrogens with one attached hydrogen (secondary N) is 1. The third-order valence-corrected chi connectivity index (χ3v) is 9.05. The predicted octanol–water partition coefficient (Wildman–Crippen LogP) is 4.88. The highest BCUT2D eigenvalue weighted by molar-refractivity contribution is 7.91. The molecule has 42 heavy (non-hydrogen) atoms. The normalized spacial score (nSPS) is 12.0. The van der Waals surface area contributed by atoms with E-state index in [0.717, 1.165) is 35.6 Å². The van der Waals surface area contributed by atoms with Crippen LogP contribution in [0.4, 0.5) is 9.52 Å². The third-order valence-electron chi connectivity index (χ3n) is 6.35. The average molecular weight is 604 g/mol. The molecule has 0 radical (unpaired) electrons. The Hall–Kier alpha value is -4.67. The lowest BCUT2D eigenvalue weighted by atomic mass is 10.1. The highest BCUT2D eigenvalue weighted by Gasteiger charge is 2.27. The van der Waals surface area contributed by atoms with Crippen molar-refractivity contribution in [3.63, 3.8) is 0 Å². The van der Waals surface area contributed by atoms with E-state index < -0.39 is 27.7 Å². The van der Waals surface area contributed by atoms with E-state index in [2.05, 4.69) is 10.3 Å². The quantitative estimate of drug-likeness (QED) is 0.202. The molecule has 0 bridgehead atoms. The lowest BCUT2D eigenvalue weighted by molar-refractivity contribution is -0.123. The van der Waals surface area contributed by atoms with E-state index in [0.29, 0.717) is 26.9 Å². The number of thiazole rings is 1. The second-order valence-corrected chi connectivity index (χ2v) is 12.1. The summed E-state index contributed by atoms with van der Waals surface area (Å²) in [6, 6.07) is 21.5. The minimum absolute atomic E-state index is 0.117. The van der Waals surface area contributed by atoms with E-state index in [1.165, 1.54) is 48.5 Å². The number of fused-ring (bicyclic) bond motifs is 1. The molecule has 0 saturated heterocycles. The molecular formula is C30H22FN3O6S2. The van der Waals surface area contributed by atoms with Gasteiger partial charge in [-0.1, -0.05) is 23.5 Å². The molecule has 0 spiro atoms. The van der Waals surface area contributed by atoms with E-state index in [1.807, 2.05) is 6.07 Å². The van der Waals surface area contributed by atoms with Gasteiger partial charge in [0.1, 0.15) is 11.6 Å². The Kier molecular flexibility index (Phi) is 8.28. The number of carbonyl (C=O) groups is 1. The second kappa shape index (κ2) is 12.1. The molecule has 212 valence electrons. The van der Waals surface area contributed by atoms with E-state index in [9.17, 15) is 27.8 Å². The minimum Gasteiger partial charge on any atom is -0.476 e. The number of rotatable bonds is 9. The molecule has 0 fully saturated rings. The van der Waals surface area contributed by atoms with Crippen LogP contribution < -0.4 is 10.1 Å². The number of nitriles is 1. The van der Waals surface area contributed by atoms with Crippen LogP contribution in [0.2, 0.25) is 0 Å². The number of sulfone groups is 1. The molecule has 9 nitrogen and oxygen atoms in total. The molecule has 12 heteroatoms. The van der Waals surface area contributed by atoms with Crippen molar-refractivity contribution in [1.82, 2.24) is 4.98 Å². The molecule has 1 unspecified atom stereocenters. The molecular weight excluding hydrogens is 581 g/mol. The van der Waals surface area contributed by atoms with Crippen LogP contribution in [0.1, 0.15) is 28.4 Å². The molecule has 1 atom stereocenters. The largest absolute Gasteiger partial charge is 0.476 e. The number of aliphatic hydroxyl groups excluding tert-OH is 2. The van der Waals surface area contributed by atoms with Crippen LogP contribution in [0.3, 0.4) is 0 Å². The number of hydrogen-bond donors (Lipinski definition) is 3. The standard InChI is InChI=1S/C30H22FN3O6S2/c31-22-6-10-24(11-7-22)42(38,39)25-3-1-2-19(12-25)28(40-23-8-4-18(15-32)5-9-23)29(37)34-30-33-26-13-20(16-35)21(17-36)14-27(26)41-30/h1-14,28,35-36H,16-17H2,(H,33,34,37). The van der Waals surface area contributed by atoms with Gasteiger partial charge in [0.25, 0.3) is 5.91 Å². The number of nitrogens with zero attached hydrogens (tertiary/aromatic N) is 2. The summed E-state index contributed by atoms with van der Waals surface area (Å²) < 4.78 is 46.6. The van der Waals surface area contributed by atoms with Crippen molar-refractivity contribution in [2.45, 2.75) is 29.1 Å². The summed E-state index contributed by atoms with van der Waals surface area (Å²) in [5.41, 5.74) is 2.15. The Bertz CT molecular complexity index is 1880. The average Bonchev–Trinajstić information content (AvgIpc) is 3.40. The Morgan fingerprint density at radius 1 is 0.976 bits per heavy atom. The first kappa shape index (κ1) is 28.8. The molecule has 5 rings (SSSR count). The van der Waals surface area contributed by atoms with Crippen molar-refractivity contribution < 1.29 is 32.6 Å². The summed E-state index contributed by atoms with van der Waals surface area (Å²) in [6.07, 6.45) is -1.34. The molecule has 0 saturated carbocycles. The van der Waals surface area contributed by atoms with Crippen molar-refractivity contribution in [3.8, 4) is 11.8 Å². The number of carbonyl (C=O) groups excluding carboxylic acids is 1. The first-order valence-electron chi connectivity index (χ1n) is 12.4. The van der Waals surface area contributed by atoms with Crippen LogP contribution in [-0.2, 0) is 27.8 Å². The van der Waals surface area contributed by atoms with Gasteiger partial charge in [0.05, 0.1) is 44.9 Å². The number of hydrogen-bond acceptors (Lipinski definition) is 9. The van der Waals surface area contributed by atoms with Crippen LogP contribution in [-0.4, -0.2) is 29.5 Å². The van der Waals surface area contributed by atoms with Gasteiger partial charge in [-0.05, 0) is 83.9 Å². The van der Waals surface area contributed by atoms with E-state index >= 15 is 0 Å². The summed E-state index contributed by atoms with van der Waals surface area (Å²) >= 11 is 1.15. The summed E-state index contributed by atoms with van der Waals surface area (Å²) in [5.74, 6) is -0.977. The SMILES string of the molecule is N#Cc1ccc(OC(C(=O)Nc2nc3cc(CO)c(CO)cc3s2)c2cccc(S(=O)(=O)c3ccc(F)cc3)c2)cc1. The maximum absolute atomic E-state index is 13.6. The number of amides is 1. The highest BCUT2D eigenvalue weighted by atomic mass is 32.2. The molecule has 0 aliphatic carbocycles. The lowest BCUT2D eigenvalue weighted by Gasteiger charge is -2.19. The molecule has 3 N–H and O–H groups in total. The molecule has 0 aliphatic heterocycles. The Balaban J connectivity index is 1.51. The van der Waals surface area contributed by atoms with Gasteiger partial charge >= 0.3 is 0 Å². The van der Waals surface area contributed by atoms with Gasteiger partial charge in [0.15, 0.2) is 5.13 Å². The molecule has 1 heterocycles. The summed E-state index contributed by atoms with van der Waals surface area (Å²) in [6.45, 7) is -0.564. The van der Waals surface area contributed by atoms with Crippen LogP contribution in [0, 0.1) is 17.1 Å². The fraction of sp³-hybridized carbons (Fsp3) is 0.100. The van der Waals surface area contributed by atoms with Crippen molar-refractivity contribution in [2.75, 3.05) is 5.32 Å². The van der Waals surface area contributed by atoms with Gasteiger partial charge in [0.2, 0.25) is 15.9 Å². The third kappa shape index (κ3) is 6.00. The maximum Gasteiger partial charge on any atom is 0.271 e. The van der Waals surface area contributed by atoms with E-state index in [-0.39, 0.29) is 39.4 Å². The Morgan fingerprint density at radius 3 is 2.33 bits per heavy atom. The number of aromatic nitrogens is 1. The van der Waals surface area contributed by atoms with Gasteiger partial charge in [-0.3, -0.25) is 10.1 Å². The monoisotopic (exact) mass is 603 g/mol. The molecule has 1 amide bonds. The smallest absolute Gasteiger partial charge is 0.271 e. The van der Waals surface area contributed by atoms with Crippen LogP contribution in [0.5, 0.6) is 5.75 Å². The number of benzene rings is 4. The molecule has 0 aliphatic rings. The zero-order chi connectivity index (χ0) is 29.9. The van der Waals surface area contributed by atoms with Gasteiger partial charge in [-0.2, -0.15) is 5.26 Å². The molecule has 5 aromatic rings. The van der Waals surface area contributed by atoms with Crippen LogP contribution in [0.25, 0.3) is 10.2 Å².